The number of piperidine rings is 1. The molecule has 0 saturated carbocycles. The fourth-order valence-corrected chi connectivity index (χ4v) is 3.05. The predicted octanol–water partition coefficient (Wildman–Crippen LogP) is 3.10. The summed E-state index contributed by atoms with van der Waals surface area (Å²) >= 11 is 0. The first-order chi connectivity index (χ1) is 13.0. The molecule has 7 heteroatoms. The maximum atomic E-state index is 10.3. The van der Waals surface area contributed by atoms with Crippen molar-refractivity contribution in [2.24, 2.45) is 0 Å². The zero-order valence-electron chi connectivity index (χ0n) is 18.1. The lowest BCUT2D eigenvalue weighted by Crippen LogP contribution is -2.32. The van der Waals surface area contributed by atoms with Crippen LogP contribution in [0.5, 0.6) is 0 Å². The van der Waals surface area contributed by atoms with Gasteiger partial charge >= 0.3 is 6.09 Å². The monoisotopic (exact) mass is 418 g/mol. The number of likely N-dealkylation sites (tertiary alicyclic amines) is 2. The van der Waals surface area contributed by atoms with E-state index < -0.39 is 0 Å². The minimum atomic E-state index is -0.208. The minimum absolute atomic E-state index is 0. The summed E-state index contributed by atoms with van der Waals surface area (Å²) in [6, 6.07) is 0. The van der Waals surface area contributed by atoms with Crippen LogP contribution in [0.1, 0.15) is 47.0 Å². The fraction of sp³-hybridized carbons (Fsp3) is 0.955. The topological polar surface area (TPSA) is 48.5 Å². The third-order valence-corrected chi connectivity index (χ3v) is 5.11. The van der Waals surface area contributed by atoms with Crippen molar-refractivity contribution in [2.45, 2.75) is 47.0 Å². The maximum absolute atomic E-state index is 10.3. The highest BCUT2D eigenvalue weighted by Gasteiger charge is 2.15. The Hall–Kier alpha value is -0.890. The first kappa shape index (κ1) is 30.3. The van der Waals surface area contributed by atoms with Gasteiger partial charge in [-0.2, -0.15) is 0 Å². The summed E-state index contributed by atoms with van der Waals surface area (Å²) in [5.41, 5.74) is 0. The summed E-state index contributed by atoms with van der Waals surface area (Å²) < 4.78 is 9.65. The molecule has 0 radical (unpaired) electrons. The summed E-state index contributed by atoms with van der Waals surface area (Å²) in [5.74, 6) is 0. The lowest BCUT2D eigenvalue weighted by Gasteiger charge is -2.21. The lowest BCUT2D eigenvalue weighted by atomic mass is 10.1. The number of nitrogens with zero attached hydrogens (tertiary/aromatic N) is 4. The predicted molar refractivity (Wildman–Crippen MR) is 124 cm³/mol. The zero-order valence-corrected chi connectivity index (χ0v) is 18.1. The van der Waals surface area contributed by atoms with Crippen LogP contribution in [0.3, 0.4) is 0 Å². The van der Waals surface area contributed by atoms with E-state index in [0.29, 0.717) is 6.61 Å². The Morgan fingerprint density at radius 3 is 1.17 bits per heavy atom. The first-order valence-corrected chi connectivity index (χ1v) is 10.5. The smallest absolute Gasteiger partial charge is 0.409 e. The molecule has 0 aromatic rings. The Kier molecular flexibility index (Phi) is 20.0. The van der Waals surface area contributed by atoms with Gasteiger partial charge in [-0.1, -0.05) is 21.3 Å². The molecule has 4 aliphatic rings. The molecular formula is C22H50N4O3. The van der Waals surface area contributed by atoms with Crippen molar-refractivity contribution >= 4 is 6.09 Å². The summed E-state index contributed by atoms with van der Waals surface area (Å²) in [7, 11) is 8.20. The van der Waals surface area contributed by atoms with Crippen molar-refractivity contribution < 1.29 is 14.3 Å². The summed E-state index contributed by atoms with van der Waals surface area (Å²) in [6.07, 6.45) is 6.89. The summed E-state index contributed by atoms with van der Waals surface area (Å²) in [5, 5.41) is 0. The molecule has 0 spiro atoms. The van der Waals surface area contributed by atoms with Crippen molar-refractivity contribution in [3.63, 3.8) is 0 Å². The summed E-state index contributed by atoms with van der Waals surface area (Å²) in [6.45, 7) is 10.6. The standard InChI is InChI=1S/C6H13N.C5H11NO.C5H11N.C4H7NO2.2CH4/c1-7-5-3-2-4-6-7;1-6-2-4-7-5-3-6;1-6-4-2-3-5-6;1-5-2-3-7-4(5)6;;/h2-6H2,1H3;2-5H2,1H3;2-5H2,1H3;2-3H2,1H3;2*1H4. The van der Waals surface area contributed by atoms with Crippen molar-refractivity contribution in [3.05, 3.63) is 0 Å². The number of cyclic esters (lactones) is 1. The second kappa shape index (κ2) is 19.1. The molecule has 1 amide bonds. The van der Waals surface area contributed by atoms with Gasteiger partial charge in [0.25, 0.3) is 0 Å². The highest BCUT2D eigenvalue weighted by molar-refractivity contribution is 5.68. The Morgan fingerprint density at radius 1 is 0.586 bits per heavy atom. The van der Waals surface area contributed by atoms with Crippen LogP contribution in [-0.2, 0) is 9.47 Å². The number of amides is 1. The van der Waals surface area contributed by atoms with E-state index in [1.165, 1.54) is 58.3 Å². The maximum Gasteiger partial charge on any atom is 0.409 e. The van der Waals surface area contributed by atoms with Gasteiger partial charge in [0.1, 0.15) is 6.61 Å². The van der Waals surface area contributed by atoms with Crippen LogP contribution in [0.15, 0.2) is 0 Å². The number of rotatable bonds is 0. The quantitative estimate of drug-likeness (QED) is 0.602. The molecule has 0 N–H and O–H groups in total. The van der Waals surface area contributed by atoms with Gasteiger partial charge in [-0.3, -0.25) is 0 Å². The van der Waals surface area contributed by atoms with Gasteiger partial charge in [0, 0.05) is 20.1 Å². The van der Waals surface area contributed by atoms with Crippen LogP contribution >= 0.6 is 0 Å². The fourth-order valence-electron chi connectivity index (χ4n) is 3.05. The van der Waals surface area contributed by atoms with Crippen LogP contribution in [0.2, 0.25) is 0 Å². The number of ether oxygens (including phenoxy) is 2. The molecule has 4 saturated heterocycles. The van der Waals surface area contributed by atoms with Gasteiger partial charge in [-0.15, -0.1) is 0 Å². The molecule has 29 heavy (non-hydrogen) atoms. The highest BCUT2D eigenvalue weighted by atomic mass is 16.6. The number of hydrogen-bond donors (Lipinski definition) is 0. The minimum Gasteiger partial charge on any atom is -0.448 e. The van der Waals surface area contributed by atoms with E-state index in [9.17, 15) is 4.79 Å². The zero-order chi connectivity index (χ0) is 19.9. The van der Waals surface area contributed by atoms with Gasteiger partial charge < -0.3 is 29.1 Å². The number of morpholine rings is 1. The van der Waals surface area contributed by atoms with E-state index in [1.807, 2.05) is 0 Å². The van der Waals surface area contributed by atoms with Crippen LogP contribution in [0.25, 0.3) is 0 Å². The van der Waals surface area contributed by atoms with Crippen LogP contribution in [-0.4, -0.2) is 120 Å². The van der Waals surface area contributed by atoms with Crippen LogP contribution in [0.4, 0.5) is 4.79 Å². The highest BCUT2D eigenvalue weighted by Crippen LogP contribution is 2.04. The Balaban J connectivity index is 0. The second-order valence-electron chi connectivity index (χ2n) is 7.83. The molecule has 0 bridgehead atoms. The van der Waals surface area contributed by atoms with Gasteiger partial charge in [0.15, 0.2) is 0 Å². The number of carbonyl (C=O) groups excluding carboxylic acids is 1. The van der Waals surface area contributed by atoms with Gasteiger partial charge in [0.05, 0.1) is 19.8 Å². The van der Waals surface area contributed by atoms with E-state index in [1.54, 1.807) is 11.9 Å². The van der Waals surface area contributed by atoms with Crippen molar-refractivity contribution in [2.75, 3.05) is 93.8 Å². The molecule has 4 fully saturated rings. The molecular weight excluding hydrogens is 368 g/mol. The molecule has 0 aliphatic carbocycles. The number of hydrogen-bond acceptors (Lipinski definition) is 6. The number of likely N-dealkylation sites (N-methyl/N-ethyl adjacent to an activating group) is 2. The van der Waals surface area contributed by atoms with Gasteiger partial charge in [0.2, 0.25) is 0 Å². The van der Waals surface area contributed by atoms with Crippen LogP contribution in [0, 0.1) is 0 Å². The van der Waals surface area contributed by atoms with E-state index >= 15 is 0 Å². The lowest BCUT2D eigenvalue weighted by molar-refractivity contribution is 0.0503. The van der Waals surface area contributed by atoms with Gasteiger partial charge in [-0.05, 0) is 73.0 Å². The Labute approximate surface area is 181 Å². The molecule has 0 atom stereocenters. The van der Waals surface area contributed by atoms with Crippen molar-refractivity contribution in [3.8, 4) is 0 Å². The third-order valence-electron chi connectivity index (χ3n) is 5.11. The van der Waals surface area contributed by atoms with Crippen molar-refractivity contribution in [1.29, 1.82) is 0 Å². The molecule has 0 aromatic carbocycles. The molecule has 4 rings (SSSR count). The normalized spacial score (nSPS) is 22.3. The molecule has 4 aliphatic heterocycles. The largest absolute Gasteiger partial charge is 0.448 e. The van der Waals surface area contributed by atoms with E-state index in [2.05, 4.69) is 40.6 Å². The number of carbonyl (C=O) groups is 1. The Morgan fingerprint density at radius 2 is 1.00 bits per heavy atom. The molecule has 176 valence electrons. The molecule has 7 nitrogen and oxygen atoms in total. The van der Waals surface area contributed by atoms with Crippen LogP contribution < -0.4 is 0 Å². The average Bonchev–Trinajstić information content (AvgIpc) is 3.29. The van der Waals surface area contributed by atoms with E-state index in [-0.39, 0.29) is 20.9 Å². The molecule has 4 heterocycles. The van der Waals surface area contributed by atoms with E-state index in [4.69, 9.17) is 4.74 Å². The molecule has 0 aromatic heterocycles. The third kappa shape index (κ3) is 16.6. The van der Waals surface area contributed by atoms with Gasteiger partial charge in [-0.25, -0.2) is 4.79 Å². The second-order valence-corrected chi connectivity index (χ2v) is 7.83. The Bertz CT molecular complexity index is 351. The van der Waals surface area contributed by atoms with E-state index in [0.717, 1.165) is 32.8 Å². The first-order valence-electron chi connectivity index (χ1n) is 10.5. The van der Waals surface area contributed by atoms with Crippen molar-refractivity contribution in [1.82, 2.24) is 19.6 Å². The molecule has 0 unspecified atom stereocenters. The SMILES string of the molecule is C.C.CN1CCCC1.CN1CCCCC1.CN1CCOC1=O.CN1CCOCC1. The average molecular weight is 419 g/mol. The summed E-state index contributed by atoms with van der Waals surface area (Å²) in [4.78, 5) is 18.8.